The minimum absolute atomic E-state index is 0.0868. The van der Waals surface area contributed by atoms with Crippen LogP contribution in [0.3, 0.4) is 0 Å². The molecule has 1 heteroatoms. The minimum atomic E-state index is 0.0868. The molecule has 0 N–H and O–H groups in total. The molecule has 74 valence electrons. The van der Waals surface area contributed by atoms with Crippen molar-refractivity contribution in [1.29, 1.82) is 0 Å². The summed E-state index contributed by atoms with van der Waals surface area (Å²) in [4.78, 5) is 11.1. The molecule has 0 heterocycles. The van der Waals surface area contributed by atoms with E-state index in [1.165, 1.54) is 18.4 Å². The van der Waals surface area contributed by atoms with Gasteiger partial charge >= 0.3 is 0 Å². The molecule has 0 aliphatic heterocycles. The normalized spacial score (nSPS) is 34.7. The molecule has 1 saturated carbocycles. The van der Waals surface area contributed by atoms with Crippen LogP contribution in [0, 0.1) is 11.3 Å². The van der Waals surface area contributed by atoms with E-state index in [1.54, 1.807) is 6.92 Å². The predicted octanol–water partition coefficient (Wildman–Crippen LogP) is 3.35. The fourth-order valence-corrected chi connectivity index (χ4v) is 2.48. The molecule has 0 aromatic rings. The molecule has 2 atom stereocenters. The summed E-state index contributed by atoms with van der Waals surface area (Å²) in [5.74, 6) is 0.885. The van der Waals surface area contributed by atoms with Crippen LogP contribution in [0.4, 0.5) is 0 Å². The Morgan fingerprint density at radius 1 is 1.69 bits per heavy atom. The van der Waals surface area contributed by atoms with Gasteiger partial charge in [-0.3, -0.25) is 4.79 Å². The summed E-state index contributed by atoms with van der Waals surface area (Å²) in [6.45, 7) is 10.2. The molecule has 0 aromatic carbocycles. The topological polar surface area (TPSA) is 17.1 Å². The largest absolute Gasteiger partial charge is 0.300 e. The average molecular weight is 180 g/mol. The maximum absolute atomic E-state index is 11.1. The van der Waals surface area contributed by atoms with E-state index in [0.29, 0.717) is 12.3 Å². The van der Waals surface area contributed by atoms with Crippen molar-refractivity contribution in [3.8, 4) is 0 Å². The lowest BCUT2D eigenvalue weighted by Crippen LogP contribution is -2.29. The Kier molecular flexibility index (Phi) is 2.94. The second-order valence-corrected chi connectivity index (χ2v) is 4.76. The maximum Gasteiger partial charge on any atom is 0.130 e. The van der Waals surface area contributed by atoms with Crippen molar-refractivity contribution in [3.63, 3.8) is 0 Å². The van der Waals surface area contributed by atoms with Gasteiger partial charge in [-0.25, -0.2) is 0 Å². The van der Waals surface area contributed by atoms with E-state index in [2.05, 4.69) is 20.4 Å². The fraction of sp³-hybridized carbons (Fsp3) is 0.750. The van der Waals surface area contributed by atoms with Crippen molar-refractivity contribution < 1.29 is 4.79 Å². The van der Waals surface area contributed by atoms with Crippen molar-refractivity contribution >= 4 is 5.78 Å². The molecule has 1 aliphatic rings. The lowest BCUT2D eigenvalue weighted by molar-refractivity contribution is -0.118. The van der Waals surface area contributed by atoms with Crippen molar-refractivity contribution in [1.82, 2.24) is 0 Å². The van der Waals surface area contributed by atoms with Gasteiger partial charge < -0.3 is 0 Å². The highest BCUT2D eigenvalue weighted by Crippen LogP contribution is 2.45. The second-order valence-electron chi connectivity index (χ2n) is 4.76. The predicted molar refractivity (Wildman–Crippen MR) is 55.6 cm³/mol. The molecule has 0 amide bonds. The number of hydrogen-bond acceptors (Lipinski definition) is 1. The van der Waals surface area contributed by atoms with Crippen molar-refractivity contribution in [3.05, 3.63) is 12.2 Å². The molecular formula is C12H20O. The Bertz CT molecular complexity index is 229. The lowest BCUT2D eigenvalue weighted by Gasteiger charge is -2.39. The maximum atomic E-state index is 11.1. The van der Waals surface area contributed by atoms with Crippen LogP contribution in [0.25, 0.3) is 0 Å². The SMILES string of the molecule is C=C1[C@H](C)CCC[C@]1(C)CC(C)=O. The summed E-state index contributed by atoms with van der Waals surface area (Å²) in [7, 11) is 0. The summed E-state index contributed by atoms with van der Waals surface area (Å²) in [5, 5.41) is 0. The summed E-state index contributed by atoms with van der Waals surface area (Å²) in [6, 6.07) is 0. The molecule has 13 heavy (non-hydrogen) atoms. The molecule has 1 aliphatic carbocycles. The smallest absolute Gasteiger partial charge is 0.130 e. The molecule has 0 bridgehead atoms. The minimum Gasteiger partial charge on any atom is -0.300 e. The number of Topliss-reactive ketones (excluding diaryl/α,β-unsaturated/α-hetero) is 1. The first-order valence-electron chi connectivity index (χ1n) is 5.14. The number of carbonyl (C=O) groups excluding carboxylic acids is 1. The van der Waals surface area contributed by atoms with E-state index >= 15 is 0 Å². The van der Waals surface area contributed by atoms with Gasteiger partial charge in [0.15, 0.2) is 0 Å². The zero-order valence-corrected chi connectivity index (χ0v) is 9.02. The number of ketones is 1. The van der Waals surface area contributed by atoms with Crippen LogP contribution >= 0.6 is 0 Å². The van der Waals surface area contributed by atoms with Crippen LogP contribution < -0.4 is 0 Å². The van der Waals surface area contributed by atoms with Gasteiger partial charge in [-0.15, -0.1) is 0 Å². The van der Waals surface area contributed by atoms with Crippen molar-refractivity contribution in [2.24, 2.45) is 11.3 Å². The molecule has 0 aromatic heterocycles. The fourth-order valence-electron chi connectivity index (χ4n) is 2.48. The molecule has 0 spiro atoms. The third kappa shape index (κ3) is 2.20. The Morgan fingerprint density at radius 3 is 2.85 bits per heavy atom. The third-order valence-electron chi connectivity index (χ3n) is 3.37. The van der Waals surface area contributed by atoms with Crippen LogP contribution in [-0.4, -0.2) is 5.78 Å². The highest BCUT2D eigenvalue weighted by atomic mass is 16.1. The Labute approximate surface area is 81.2 Å². The van der Waals surface area contributed by atoms with Gasteiger partial charge in [-0.2, -0.15) is 0 Å². The van der Waals surface area contributed by atoms with Gasteiger partial charge in [0.1, 0.15) is 5.78 Å². The molecule has 1 rings (SSSR count). The van der Waals surface area contributed by atoms with E-state index in [9.17, 15) is 4.79 Å². The monoisotopic (exact) mass is 180 g/mol. The summed E-state index contributed by atoms with van der Waals surface area (Å²) < 4.78 is 0. The van der Waals surface area contributed by atoms with Crippen LogP contribution in [0.5, 0.6) is 0 Å². The molecule has 0 saturated heterocycles. The molecular weight excluding hydrogens is 160 g/mol. The van der Waals surface area contributed by atoms with Gasteiger partial charge in [0.25, 0.3) is 0 Å². The molecule has 0 unspecified atom stereocenters. The highest BCUT2D eigenvalue weighted by Gasteiger charge is 2.34. The van der Waals surface area contributed by atoms with Gasteiger partial charge in [-0.1, -0.05) is 32.4 Å². The average Bonchev–Trinajstić information content (AvgIpc) is 1.99. The molecule has 0 radical (unpaired) electrons. The van der Waals surface area contributed by atoms with Crippen LogP contribution in [0.2, 0.25) is 0 Å². The number of rotatable bonds is 2. The van der Waals surface area contributed by atoms with E-state index in [0.717, 1.165) is 6.42 Å². The lowest BCUT2D eigenvalue weighted by atomic mass is 9.66. The molecule has 1 fully saturated rings. The second kappa shape index (κ2) is 3.65. The van der Waals surface area contributed by atoms with Gasteiger partial charge in [-0.05, 0) is 31.1 Å². The third-order valence-corrected chi connectivity index (χ3v) is 3.37. The van der Waals surface area contributed by atoms with E-state index < -0.39 is 0 Å². The van der Waals surface area contributed by atoms with E-state index in [4.69, 9.17) is 0 Å². The van der Waals surface area contributed by atoms with E-state index in [-0.39, 0.29) is 11.2 Å². The Hall–Kier alpha value is -0.590. The number of allylic oxidation sites excluding steroid dienone is 1. The van der Waals surface area contributed by atoms with Crippen LogP contribution in [0.15, 0.2) is 12.2 Å². The quantitative estimate of drug-likeness (QED) is 0.596. The first-order valence-corrected chi connectivity index (χ1v) is 5.14. The van der Waals surface area contributed by atoms with E-state index in [1.807, 2.05) is 0 Å². The highest BCUT2D eigenvalue weighted by molar-refractivity contribution is 5.76. The number of carbonyl (C=O) groups is 1. The standard InChI is InChI=1S/C12H20O/c1-9-6-5-7-12(4,11(9)3)8-10(2)13/h9H,3,5-8H2,1-2,4H3/t9-,12-/m1/s1. The van der Waals surface area contributed by atoms with Gasteiger partial charge in [0.05, 0.1) is 0 Å². The van der Waals surface area contributed by atoms with Gasteiger partial charge in [0, 0.05) is 6.42 Å². The van der Waals surface area contributed by atoms with Crippen LogP contribution in [-0.2, 0) is 4.79 Å². The summed E-state index contributed by atoms with van der Waals surface area (Å²) in [6.07, 6.45) is 4.29. The van der Waals surface area contributed by atoms with Crippen molar-refractivity contribution in [2.75, 3.05) is 0 Å². The van der Waals surface area contributed by atoms with Crippen LogP contribution in [0.1, 0.15) is 46.5 Å². The van der Waals surface area contributed by atoms with Gasteiger partial charge in [0.2, 0.25) is 0 Å². The summed E-state index contributed by atoms with van der Waals surface area (Å²) >= 11 is 0. The Morgan fingerprint density at radius 2 is 2.31 bits per heavy atom. The molecule has 1 nitrogen and oxygen atoms in total. The summed E-state index contributed by atoms with van der Waals surface area (Å²) in [5.41, 5.74) is 1.37. The zero-order valence-electron chi connectivity index (χ0n) is 9.02. The first-order chi connectivity index (χ1) is 5.96. The number of hydrogen-bond donors (Lipinski definition) is 0. The zero-order chi connectivity index (χ0) is 10.1. The first kappa shape index (κ1) is 10.5. The Balaban J connectivity index is 2.75. The van der Waals surface area contributed by atoms with Crippen molar-refractivity contribution in [2.45, 2.75) is 46.5 Å².